The number of hydrogen-bond acceptors (Lipinski definition) is 18. The van der Waals surface area contributed by atoms with Crippen LogP contribution in [0.2, 0.25) is 0 Å². The highest BCUT2D eigenvalue weighted by Crippen LogP contribution is 2.52. The van der Waals surface area contributed by atoms with Crippen molar-refractivity contribution < 1.29 is 46.5 Å². The number of imidazole rings is 2. The monoisotopic (exact) mass is 698 g/mol. The molecule has 3 aliphatic rings. The Kier molecular flexibility index (Phi) is 7.87. The fourth-order valence-corrected chi connectivity index (χ4v) is 8.19. The average Bonchev–Trinajstić information content (AvgIpc) is 3.73. The molecule has 7 rings (SSSR count). The quantitative estimate of drug-likeness (QED) is 0.175. The number of H-pyrrole nitrogens is 2. The highest BCUT2D eigenvalue weighted by molar-refractivity contribution is 7.46. The summed E-state index contributed by atoms with van der Waals surface area (Å²) < 4.78 is 62.5. The minimum absolute atomic E-state index is 0.0305. The molecule has 4 unspecified atom stereocenters. The first-order valence-corrected chi connectivity index (χ1v) is 17.2. The van der Waals surface area contributed by atoms with Gasteiger partial charge < -0.3 is 48.8 Å². The van der Waals surface area contributed by atoms with E-state index in [1.54, 1.807) is 13.8 Å². The van der Waals surface area contributed by atoms with E-state index in [1.165, 1.54) is 21.8 Å². The molecular weight excluding hydrogens is 670 g/mol. The van der Waals surface area contributed by atoms with Crippen molar-refractivity contribution in [3.05, 3.63) is 33.4 Å². The fourth-order valence-electron chi connectivity index (χ4n) is 6.16. The first kappa shape index (κ1) is 32.0. The van der Waals surface area contributed by atoms with Gasteiger partial charge in [-0.3, -0.25) is 37.8 Å². The van der Waals surface area contributed by atoms with E-state index in [1.807, 2.05) is 0 Å². The number of phosphoric ester groups is 2. The number of rotatable bonds is 2. The number of nitrogens with one attached hydrogen (secondary N) is 2. The van der Waals surface area contributed by atoms with Crippen molar-refractivity contribution in [2.24, 2.45) is 11.8 Å². The molecule has 22 nitrogen and oxygen atoms in total. The van der Waals surface area contributed by atoms with Gasteiger partial charge in [-0.25, -0.2) is 9.97 Å². The Morgan fingerprint density at radius 1 is 0.809 bits per heavy atom. The third-order valence-electron chi connectivity index (χ3n) is 8.30. The van der Waals surface area contributed by atoms with Gasteiger partial charge in [-0.05, 0) is 0 Å². The van der Waals surface area contributed by atoms with Crippen LogP contribution in [-0.4, -0.2) is 76.7 Å². The molecule has 0 spiro atoms. The topological polar surface area (TPSA) is 315 Å². The van der Waals surface area contributed by atoms with Crippen LogP contribution >= 0.6 is 15.6 Å². The Labute approximate surface area is 262 Å². The number of aromatic amines is 2. The molecule has 6 N–H and O–H groups in total. The Morgan fingerprint density at radius 2 is 1.28 bits per heavy atom. The van der Waals surface area contributed by atoms with Crippen molar-refractivity contribution in [1.82, 2.24) is 39.0 Å². The number of nitrogen functional groups attached to an aromatic ring is 2. The van der Waals surface area contributed by atoms with Crippen molar-refractivity contribution >= 4 is 49.9 Å². The van der Waals surface area contributed by atoms with Gasteiger partial charge in [0.05, 0.1) is 38.1 Å². The lowest BCUT2D eigenvalue weighted by Crippen LogP contribution is -2.34. The molecule has 3 fully saturated rings. The van der Waals surface area contributed by atoms with E-state index >= 15 is 0 Å². The molecule has 0 saturated carbocycles. The molecule has 3 saturated heterocycles. The summed E-state index contributed by atoms with van der Waals surface area (Å²) >= 11 is 0. The van der Waals surface area contributed by atoms with Gasteiger partial charge in [0.25, 0.3) is 26.8 Å². The van der Waals surface area contributed by atoms with Gasteiger partial charge in [0.2, 0.25) is 11.9 Å². The minimum atomic E-state index is -5.12. The Bertz CT molecular complexity index is 2070. The average molecular weight is 698 g/mol. The molecular formula is C23H28N10O12P2-2. The summed E-state index contributed by atoms with van der Waals surface area (Å²) in [5.74, 6) is -1.90. The maximum atomic E-state index is 13.2. The van der Waals surface area contributed by atoms with E-state index in [4.69, 9.17) is 39.0 Å². The van der Waals surface area contributed by atoms with E-state index in [9.17, 15) is 28.5 Å². The summed E-state index contributed by atoms with van der Waals surface area (Å²) in [6.07, 6.45) is -4.46. The van der Waals surface area contributed by atoms with Gasteiger partial charge in [-0.2, -0.15) is 9.97 Å². The van der Waals surface area contributed by atoms with E-state index in [0.29, 0.717) is 0 Å². The molecule has 0 radical (unpaired) electrons. The van der Waals surface area contributed by atoms with Gasteiger partial charge in [-0.1, -0.05) is 13.8 Å². The predicted molar refractivity (Wildman–Crippen MR) is 153 cm³/mol. The maximum absolute atomic E-state index is 13.2. The lowest BCUT2D eigenvalue weighted by atomic mass is 10.0. The number of nitrogens with two attached hydrogens (primary N) is 2. The molecule has 4 aromatic heterocycles. The van der Waals surface area contributed by atoms with E-state index in [2.05, 4.69) is 29.9 Å². The highest BCUT2D eigenvalue weighted by atomic mass is 31.2. The molecule has 3 aliphatic heterocycles. The van der Waals surface area contributed by atoms with Crippen LogP contribution in [-0.2, 0) is 36.7 Å². The molecule has 0 aliphatic carbocycles. The van der Waals surface area contributed by atoms with Crippen LogP contribution in [0.25, 0.3) is 22.3 Å². The van der Waals surface area contributed by atoms with Crippen LogP contribution in [0.5, 0.6) is 0 Å². The second kappa shape index (κ2) is 11.5. The number of hydrogen-bond donors (Lipinski definition) is 4. The zero-order valence-corrected chi connectivity index (χ0v) is 26.3. The van der Waals surface area contributed by atoms with E-state index in [0.717, 1.165) is 0 Å². The standard InChI is InChI=1S/C23H30N10O12P2/c1-8-14-10(42-20(8)32-6-26-12-16(32)28-22(24)30-18(12)34)3-4-40-46(36,37)45-15-9(2)21(43-11(15)5-41-47(38,39)44-14)33-7-27-13-17(33)29-23(25)31-19(13)35/h6-11,14-15,20-21H,3-5H2,1-2H3,(H,36,37)(H,38,39)(H3,24,28,30,34)(H3,25,29,31,35)/p-2/t8-,9-,10+,11-,14?,15?,20+,21+/m0/s1. The second-order valence-electron chi connectivity index (χ2n) is 11.4. The number of aromatic nitrogens is 8. The van der Waals surface area contributed by atoms with Crippen molar-refractivity contribution in [1.29, 1.82) is 0 Å². The van der Waals surface area contributed by atoms with Gasteiger partial charge >= 0.3 is 0 Å². The third kappa shape index (κ3) is 5.79. The normalized spacial score (nSPS) is 36.9. The summed E-state index contributed by atoms with van der Waals surface area (Å²) in [6.45, 7) is 2.02. The lowest BCUT2D eigenvalue weighted by molar-refractivity contribution is -0.235. The number of phosphoric acid groups is 2. The van der Waals surface area contributed by atoms with E-state index in [-0.39, 0.29) is 40.6 Å². The largest absolute Gasteiger partial charge is 0.756 e. The summed E-state index contributed by atoms with van der Waals surface area (Å²) in [7, 11) is -10.2. The number of ether oxygens (including phenoxy) is 2. The molecule has 7 heterocycles. The van der Waals surface area contributed by atoms with Crippen LogP contribution in [0.1, 0.15) is 32.7 Å². The summed E-state index contributed by atoms with van der Waals surface area (Å²) in [6, 6.07) is 0. The van der Waals surface area contributed by atoms with Crippen LogP contribution in [0.15, 0.2) is 22.2 Å². The number of nitrogens with zero attached hydrogens (tertiary/aromatic N) is 6. The fraction of sp³-hybridized carbons (Fsp3) is 0.565. The first-order valence-electron chi connectivity index (χ1n) is 14.2. The molecule has 0 amide bonds. The lowest BCUT2D eigenvalue weighted by Gasteiger charge is -2.31. The Balaban J connectivity index is 1.17. The number of anilines is 2. The van der Waals surface area contributed by atoms with Crippen molar-refractivity contribution in [2.75, 3.05) is 24.7 Å². The van der Waals surface area contributed by atoms with Crippen LogP contribution in [0.4, 0.5) is 11.9 Å². The van der Waals surface area contributed by atoms with E-state index < -0.39 is 88.7 Å². The number of fused-ring (bicyclic) bond motifs is 4. The smallest absolute Gasteiger partial charge is 0.280 e. The zero-order valence-electron chi connectivity index (χ0n) is 24.5. The summed E-state index contributed by atoms with van der Waals surface area (Å²) in [5, 5.41) is 0. The van der Waals surface area contributed by atoms with Crippen molar-refractivity contribution in [2.45, 2.75) is 57.1 Å². The third-order valence-corrected chi connectivity index (χ3v) is 10.3. The molecule has 254 valence electrons. The SMILES string of the molecule is C[C@H]1C2OP(=O)([O-])OCC[C@H]3O[C@@H](n4cnc5c(=O)[nH]c(N)nc54)[C@@H](C)C3OP(=O)([O-])OC[C@@H]2O[C@H]1n1cnc2c(=O)[nH]c(N)nc21. The Hall–Kier alpha value is -3.56. The van der Waals surface area contributed by atoms with Crippen LogP contribution < -0.4 is 32.4 Å². The minimum Gasteiger partial charge on any atom is -0.756 e. The maximum Gasteiger partial charge on any atom is 0.280 e. The van der Waals surface area contributed by atoms with Crippen LogP contribution in [0, 0.1) is 11.8 Å². The van der Waals surface area contributed by atoms with Gasteiger partial charge in [0.1, 0.15) is 24.7 Å². The molecule has 0 aromatic carbocycles. The molecule has 47 heavy (non-hydrogen) atoms. The molecule has 10 atom stereocenters. The van der Waals surface area contributed by atoms with Gasteiger partial charge in [0.15, 0.2) is 22.3 Å². The molecule has 0 bridgehead atoms. The zero-order chi connectivity index (χ0) is 33.4. The highest BCUT2D eigenvalue weighted by Gasteiger charge is 2.49. The molecule has 4 aromatic rings. The van der Waals surface area contributed by atoms with Gasteiger partial charge in [-0.15, -0.1) is 0 Å². The van der Waals surface area contributed by atoms with Crippen LogP contribution in [0.3, 0.4) is 0 Å². The second-order valence-corrected chi connectivity index (χ2v) is 14.1. The first-order chi connectivity index (χ1) is 22.2. The predicted octanol–water partition coefficient (Wildman–Crippen LogP) is -1.37. The van der Waals surface area contributed by atoms with Gasteiger partial charge in [0, 0.05) is 18.3 Å². The molecule has 24 heteroatoms. The van der Waals surface area contributed by atoms with Crippen molar-refractivity contribution in [3.63, 3.8) is 0 Å². The summed E-state index contributed by atoms with van der Waals surface area (Å²) in [5.41, 5.74) is 10.2. The van der Waals surface area contributed by atoms with Crippen molar-refractivity contribution in [3.8, 4) is 0 Å². The summed E-state index contributed by atoms with van der Waals surface area (Å²) in [4.78, 5) is 71.9. The Morgan fingerprint density at radius 3 is 1.81 bits per heavy atom.